The Labute approximate surface area is 122 Å². The highest BCUT2D eigenvalue weighted by Crippen LogP contribution is 2.44. The molecule has 6 heteroatoms. The molecule has 0 spiro atoms. The Morgan fingerprint density at radius 1 is 1.55 bits per heavy atom. The molecule has 0 fully saturated rings. The van der Waals surface area contributed by atoms with Gasteiger partial charge in [0.05, 0.1) is 5.92 Å². The van der Waals surface area contributed by atoms with Crippen molar-refractivity contribution in [2.75, 3.05) is 0 Å². The lowest BCUT2D eigenvalue weighted by molar-refractivity contribution is -0.114. The summed E-state index contributed by atoms with van der Waals surface area (Å²) >= 11 is 3.28. The van der Waals surface area contributed by atoms with Gasteiger partial charge in [0.25, 0.3) is 0 Å². The maximum Gasteiger partial charge on any atom is 0.207 e. The van der Waals surface area contributed by atoms with Crippen molar-refractivity contribution in [1.29, 1.82) is 0 Å². The highest BCUT2D eigenvalue weighted by atomic mass is 79.9. The number of aliphatic hydroxyl groups is 1. The van der Waals surface area contributed by atoms with Crippen molar-refractivity contribution in [3.8, 4) is 0 Å². The average molecular weight is 337 g/mol. The van der Waals surface area contributed by atoms with Crippen molar-refractivity contribution in [2.45, 2.75) is 5.67 Å². The number of H-pyrrole nitrogens is 1. The van der Waals surface area contributed by atoms with Crippen molar-refractivity contribution in [1.82, 2.24) is 9.97 Å². The van der Waals surface area contributed by atoms with Crippen molar-refractivity contribution < 1.29 is 14.3 Å². The second kappa shape index (κ2) is 4.56. The maximum absolute atomic E-state index is 15.4. The van der Waals surface area contributed by atoms with E-state index in [9.17, 15) is 9.90 Å². The number of alkyl halides is 1. The molecule has 20 heavy (non-hydrogen) atoms. The molecule has 102 valence electrons. The Bertz CT molecular complexity index is 753. The van der Waals surface area contributed by atoms with Crippen LogP contribution in [0.5, 0.6) is 0 Å². The van der Waals surface area contributed by atoms with Crippen molar-refractivity contribution in [3.63, 3.8) is 0 Å². The second-order valence-electron chi connectivity index (χ2n) is 4.56. The number of nitrogens with one attached hydrogen (secondary N) is 1. The smallest absolute Gasteiger partial charge is 0.207 e. The number of halogens is 2. The van der Waals surface area contributed by atoms with Crippen molar-refractivity contribution in [2.24, 2.45) is 5.92 Å². The van der Waals surface area contributed by atoms with Crippen LogP contribution >= 0.6 is 15.9 Å². The molecule has 4 nitrogen and oxygen atoms in total. The minimum Gasteiger partial charge on any atom is -0.508 e. The van der Waals surface area contributed by atoms with Crippen LogP contribution in [-0.2, 0) is 10.5 Å². The first-order valence-corrected chi connectivity index (χ1v) is 6.72. The standard InChI is InChI=1S/C14H10BrFN2O2/c15-9-4-10-11(6-18-13(10)17-5-9)14(16)8(7-19)2-1-3-12(14)20/h1-8,20H,(H,17,18). The van der Waals surface area contributed by atoms with E-state index >= 15 is 4.39 Å². The molecule has 0 saturated heterocycles. The Morgan fingerprint density at radius 2 is 2.35 bits per heavy atom. The average Bonchev–Trinajstić information content (AvgIpc) is 2.85. The van der Waals surface area contributed by atoms with Gasteiger partial charge in [0.1, 0.15) is 17.7 Å². The van der Waals surface area contributed by atoms with Gasteiger partial charge in [-0.2, -0.15) is 0 Å². The van der Waals surface area contributed by atoms with Gasteiger partial charge in [0.15, 0.2) is 0 Å². The van der Waals surface area contributed by atoms with Gasteiger partial charge in [0, 0.05) is 27.8 Å². The van der Waals surface area contributed by atoms with Gasteiger partial charge < -0.3 is 14.9 Å². The molecule has 0 bridgehead atoms. The van der Waals surface area contributed by atoms with E-state index in [0.29, 0.717) is 21.8 Å². The number of carbonyl (C=O) groups is 1. The predicted molar refractivity (Wildman–Crippen MR) is 76.0 cm³/mol. The normalized spacial score (nSPS) is 25.7. The quantitative estimate of drug-likeness (QED) is 0.827. The molecule has 2 N–H and O–H groups in total. The van der Waals surface area contributed by atoms with E-state index in [1.807, 2.05) is 0 Å². The molecular formula is C14H10BrFN2O2. The number of aromatic amines is 1. The molecule has 2 aromatic heterocycles. The Hall–Kier alpha value is -1.95. The van der Waals surface area contributed by atoms with Crippen LogP contribution in [0.25, 0.3) is 11.0 Å². The highest BCUT2D eigenvalue weighted by Gasteiger charge is 2.46. The molecule has 2 atom stereocenters. The molecule has 0 radical (unpaired) electrons. The number of aldehydes is 1. The fourth-order valence-corrected chi connectivity index (χ4v) is 2.76. The van der Waals surface area contributed by atoms with Crippen molar-refractivity contribution >= 4 is 33.2 Å². The molecule has 2 unspecified atom stereocenters. The topological polar surface area (TPSA) is 66.0 Å². The second-order valence-corrected chi connectivity index (χ2v) is 5.48. The van der Waals surface area contributed by atoms with Crippen LogP contribution in [0.3, 0.4) is 0 Å². The van der Waals surface area contributed by atoms with Gasteiger partial charge in [-0.25, -0.2) is 9.37 Å². The molecule has 3 rings (SSSR count). The summed E-state index contributed by atoms with van der Waals surface area (Å²) in [5.41, 5.74) is -1.60. The molecule has 1 aliphatic rings. The van der Waals surface area contributed by atoms with E-state index in [1.165, 1.54) is 24.4 Å². The third kappa shape index (κ3) is 1.71. The van der Waals surface area contributed by atoms with Crippen LogP contribution in [0, 0.1) is 5.92 Å². The monoisotopic (exact) mass is 336 g/mol. The lowest BCUT2D eigenvalue weighted by atomic mass is 9.79. The molecule has 0 aromatic carbocycles. The number of hydrogen-bond acceptors (Lipinski definition) is 3. The van der Waals surface area contributed by atoms with Crippen LogP contribution in [0.1, 0.15) is 5.56 Å². The van der Waals surface area contributed by atoms with E-state index in [0.717, 1.165) is 0 Å². The zero-order valence-electron chi connectivity index (χ0n) is 10.2. The fraction of sp³-hybridized carbons (Fsp3) is 0.143. The summed E-state index contributed by atoms with van der Waals surface area (Å²) in [6.07, 6.45) is 7.66. The summed E-state index contributed by atoms with van der Waals surface area (Å²) in [5.74, 6) is -1.57. The van der Waals surface area contributed by atoms with Crippen LogP contribution < -0.4 is 0 Å². The zero-order chi connectivity index (χ0) is 14.3. The number of rotatable bonds is 2. The van der Waals surface area contributed by atoms with Gasteiger partial charge in [-0.1, -0.05) is 12.2 Å². The number of hydrogen-bond donors (Lipinski definition) is 2. The first-order chi connectivity index (χ1) is 9.57. The summed E-state index contributed by atoms with van der Waals surface area (Å²) in [6, 6.07) is 1.70. The molecule has 2 aromatic rings. The Morgan fingerprint density at radius 3 is 3.10 bits per heavy atom. The number of pyridine rings is 1. The zero-order valence-corrected chi connectivity index (χ0v) is 11.8. The van der Waals surface area contributed by atoms with E-state index in [-0.39, 0.29) is 5.56 Å². The van der Waals surface area contributed by atoms with E-state index in [4.69, 9.17) is 0 Å². The fourth-order valence-electron chi connectivity index (χ4n) is 2.43. The summed E-state index contributed by atoms with van der Waals surface area (Å²) in [7, 11) is 0. The minimum atomic E-state index is -2.28. The Balaban J connectivity index is 2.27. The maximum atomic E-state index is 15.4. The molecule has 1 aliphatic carbocycles. The van der Waals surface area contributed by atoms with Gasteiger partial charge >= 0.3 is 0 Å². The number of carbonyl (C=O) groups excluding carboxylic acids is 1. The lowest BCUT2D eigenvalue weighted by Gasteiger charge is -2.30. The molecule has 2 heterocycles. The summed E-state index contributed by atoms with van der Waals surface area (Å²) < 4.78 is 16.1. The van der Waals surface area contributed by atoms with Crippen LogP contribution in [-0.4, -0.2) is 21.4 Å². The third-order valence-electron chi connectivity index (χ3n) is 3.44. The first-order valence-electron chi connectivity index (χ1n) is 5.92. The van der Waals surface area contributed by atoms with Gasteiger partial charge in [-0.3, -0.25) is 0 Å². The van der Waals surface area contributed by atoms with Crippen LogP contribution in [0.4, 0.5) is 4.39 Å². The van der Waals surface area contributed by atoms with Gasteiger partial charge in [-0.15, -0.1) is 0 Å². The lowest BCUT2D eigenvalue weighted by Crippen LogP contribution is -2.34. The molecule has 0 saturated carbocycles. The first kappa shape index (κ1) is 13.1. The van der Waals surface area contributed by atoms with Gasteiger partial charge in [0.2, 0.25) is 5.67 Å². The van der Waals surface area contributed by atoms with E-state index < -0.39 is 17.3 Å². The third-order valence-corrected chi connectivity index (χ3v) is 3.87. The number of aliphatic hydroxyl groups excluding tert-OH is 1. The predicted octanol–water partition coefficient (Wildman–Crippen LogP) is 3.32. The summed E-state index contributed by atoms with van der Waals surface area (Å²) in [5, 5.41) is 10.5. The van der Waals surface area contributed by atoms with Gasteiger partial charge in [-0.05, 0) is 28.1 Å². The van der Waals surface area contributed by atoms with E-state index in [2.05, 4.69) is 25.9 Å². The van der Waals surface area contributed by atoms with Crippen molar-refractivity contribution in [3.05, 3.63) is 52.5 Å². The Kier molecular flexibility index (Phi) is 2.97. The number of fused-ring (bicyclic) bond motifs is 1. The highest BCUT2D eigenvalue weighted by molar-refractivity contribution is 9.10. The van der Waals surface area contributed by atoms with E-state index in [1.54, 1.807) is 12.3 Å². The molecule has 0 aliphatic heterocycles. The number of nitrogens with zero attached hydrogens (tertiary/aromatic N) is 1. The molecule has 0 amide bonds. The van der Waals surface area contributed by atoms with Crippen LogP contribution in [0.2, 0.25) is 0 Å². The summed E-state index contributed by atoms with van der Waals surface area (Å²) in [4.78, 5) is 18.1. The largest absolute Gasteiger partial charge is 0.508 e. The SMILES string of the molecule is O=CC1C=CC=C(O)C1(F)c1c[nH]c2ncc(Br)cc12. The summed E-state index contributed by atoms with van der Waals surface area (Å²) in [6.45, 7) is 0. The minimum absolute atomic E-state index is 0.191. The molecular weight excluding hydrogens is 327 g/mol. The number of aromatic nitrogens is 2. The van der Waals surface area contributed by atoms with Crippen LogP contribution in [0.15, 0.2) is 46.9 Å². The number of allylic oxidation sites excluding steroid dienone is 4.